The van der Waals surface area contributed by atoms with Crippen LogP contribution in [0.15, 0.2) is 24.3 Å². The molecule has 0 amide bonds. The van der Waals surface area contributed by atoms with E-state index >= 15 is 0 Å². The zero-order chi connectivity index (χ0) is 13.5. The van der Waals surface area contributed by atoms with Crippen molar-refractivity contribution in [2.24, 2.45) is 5.92 Å². The van der Waals surface area contributed by atoms with E-state index in [1.165, 1.54) is 12.0 Å². The first-order valence-corrected chi connectivity index (χ1v) is 7.32. The Morgan fingerprint density at radius 1 is 1.37 bits per heavy atom. The van der Waals surface area contributed by atoms with Crippen LogP contribution in [0.4, 0.5) is 0 Å². The number of rotatable bonds is 7. The summed E-state index contributed by atoms with van der Waals surface area (Å²) in [4.78, 5) is 0. The topological polar surface area (TPSA) is 30.5 Å². The Kier molecular flexibility index (Phi) is 5.67. The summed E-state index contributed by atoms with van der Waals surface area (Å²) >= 11 is 0. The van der Waals surface area contributed by atoms with Crippen molar-refractivity contribution in [1.29, 1.82) is 0 Å². The summed E-state index contributed by atoms with van der Waals surface area (Å²) in [6.45, 7) is 7.88. The van der Waals surface area contributed by atoms with Crippen molar-refractivity contribution in [2.45, 2.75) is 39.3 Å². The van der Waals surface area contributed by atoms with Gasteiger partial charge in [-0.15, -0.1) is 0 Å². The van der Waals surface area contributed by atoms with E-state index in [4.69, 9.17) is 9.47 Å². The van der Waals surface area contributed by atoms with Crippen molar-refractivity contribution in [2.75, 3.05) is 19.8 Å². The first-order chi connectivity index (χ1) is 9.29. The Labute approximate surface area is 116 Å². The highest BCUT2D eigenvalue weighted by Crippen LogP contribution is 2.17. The monoisotopic (exact) mass is 263 g/mol. The summed E-state index contributed by atoms with van der Waals surface area (Å²) < 4.78 is 11.0. The van der Waals surface area contributed by atoms with Crippen LogP contribution in [0.3, 0.4) is 0 Å². The fraction of sp³-hybridized carbons (Fsp3) is 0.625. The average molecular weight is 263 g/mol. The third kappa shape index (κ3) is 4.51. The van der Waals surface area contributed by atoms with Crippen molar-refractivity contribution >= 4 is 0 Å². The van der Waals surface area contributed by atoms with Gasteiger partial charge in [0.25, 0.3) is 0 Å². The number of ether oxygens (including phenoxy) is 2. The zero-order valence-electron chi connectivity index (χ0n) is 12.0. The molecule has 2 unspecified atom stereocenters. The van der Waals surface area contributed by atoms with Crippen LogP contribution in [-0.4, -0.2) is 25.9 Å². The Morgan fingerprint density at radius 3 is 2.79 bits per heavy atom. The standard InChI is InChI=1S/C16H25NO2/c1-3-9-19-16-6-4-14(5-7-16)11-17-13(2)15-8-10-18-12-15/h4-7,13,15,17H,3,8-12H2,1-2H3. The van der Waals surface area contributed by atoms with Crippen LogP contribution >= 0.6 is 0 Å². The van der Waals surface area contributed by atoms with Gasteiger partial charge in [-0.25, -0.2) is 0 Å². The molecule has 1 saturated heterocycles. The molecule has 0 aliphatic carbocycles. The van der Waals surface area contributed by atoms with Gasteiger partial charge in [0.1, 0.15) is 5.75 Å². The molecular weight excluding hydrogens is 238 g/mol. The molecule has 2 atom stereocenters. The molecule has 1 aromatic carbocycles. The lowest BCUT2D eigenvalue weighted by Crippen LogP contribution is -2.33. The largest absolute Gasteiger partial charge is 0.494 e. The highest BCUT2D eigenvalue weighted by molar-refractivity contribution is 5.27. The van der Waals surface area contributed by atoms with Gasteiger partial charge in [-0.1, -0.05) is 19.1 Å². The van der Waals surface area contributed by atoms with E-state index in [0.29, 0.717) is 12.0 Å². The van der Waals surface area contributed by atoms with Crippen LogP contribution in [0.1, 0.15) is 32.3 Å². The molecule has 0 radical (unpaired) electrons. The molecule has 0 aromatic heterocycles. The molecule has 1 N–H and O–H groups in total. The third-order valence-electron chi connectivity index (χ3n) is 3.70. The Bertz CT molecular complexity index is 358. The van der Waals surface area contributed by atoms with Crippen LogP contribution in [0.2, 0.25) is 0 Å². The maximum absolute atomic E-state index is 5.58. The van der Waals surface area contributed by atoms with Gasteiger partial charge in [0.15, 0.2) is 0 Å². The number of nitrogens with one attached hydrogen (secondary N) is 1. The molecule has 3 nitrogen and oxygen atoms in total. The van der Waals surface area contributed by atoms with Crippen LogP contribution in [0, 0.1) is 5.92 Å². The number of hydrogen-bond donors (Lipinski definition) is 1. The van der Waals surface area contributed by atoms with Crippen molar-refractivity contribution < 1.29 is 9.47 Å². The lowest BCUT2D eigenvalue weighted by atomic mass is 10.0. The first-order valence-electron chi connectivity index (χ1n) is 7.32. The summed E-state index contributed by atoms with van der Waals surface area (Å²) in [5.41, 5.74) is 1.30. The van der Waals surface area contributed by atoms with Gasteiger partial charge in [-0.3, -0.25) is 0 Å². The van der Waals surface area contributed by atoms with E-state index in [-0.39, 0.29) is 0 Å². The van der Waals surface area contributed by atoms with E-state index in [0.717, 1.165) is 38.5 Å². The second-order valence-corrected chi connectivity index (χ2v) is 5.29. The molecule has 3 heteroatoms. The highest BCUT2D eigenvalue weighted by atomic mass is 16.5. The molecule has 19 heavy (non-hydrogen) atoms. The van der Waals surface area contributed by atoms with Crippen LogP contribution < -0.4 is 10.1 Å². The van der Waals surface area contributed by atoms with E-state index in [1.807, 2.05) is 0 Å². The minimum atomic E-state index is 0.513. The predicted octanol–water partition coefficient (Wildman–Crippen LogP) is 2.99. The molecule has 1 aliphatic heterocycles. The van der Waals surface area contributed by atoms with Gasteiger partial charge in [0.05, 0.1) is 13.2 Å². The Balaban J connectivity index is 1.75. The van der Waals surface area contributed by atoms with Gasteiger partial charge in [0.2, 0.25) is 0 Å². The van der Waals surface area contributed by atoms with E-state index in [1.54, 1.807) is 0 Å². The average Bonchev–Trinajstić information content (AvgIpc) is 2.98. The zero-order valence-corrected chi connectivity index (χ0v) is 12.0. The second kappa shape index (κ2) is 7.51. The Morgan fingerprint density at radius 2 is 2.16 bits per heavy atom. The van der Waals surface area contributed by atoms with Crippen LogP contribution in [0.25, 0.3) is 0 Å². The van der Waals surface area contributed by atoms with Crippen molar-refractivity contribution in [1.82, 2.24) is 5.32 Å². The summed E-state index contributed by atoms with van der Waals surface area (Å²) in [5.74, 6) is 1.62. The van der Waals surface area contributed by atoms with Crippen LogP contribution in [-0.2, 0) is 11.3 Å². The molecule has 1 aliphatic rings. The quantitative estimate of drug-likeness (QED) is 0.820. The summed E-state index contributed by atoms with van der Waals surface area (Å²) in [5, 5.41) is 3.58. The van der Waals surface area contributed by atoms with Gasteiger partial charge in [-0.2, -0.15) is 0 Å². The SMILES string of the molecule is CCCOc1ccc(CNC(C)C2CCOC2)cc1. The molecule has 0 bridgehead atoms. The number of benzene rings is 1. The highest BCUT2D eigenvalue weighted by Gasteiger charge is 2.21. The lowest BCUT2D eigenvalue weighted by Gasteiger charge is -2.19. The van der Waals surface area contributed by atoms with E-state index in [2.05, 4.69) is 43.4 Å². The second-order valence-electron chi connectivity index (χ2n) is 5.29. The van der Waals surface area contributed by atoms with Gasteiger partial charge in [-0.05, 0) is 43.4 Å². The maximum Gasteiger partial charge on any atom is 0.119 e. The molecule has 1 heterocycles. The molecular formula is C16H25NO2. The van der Waals surface area contributed by atoms with Gasteiger partial charge < -0.3 is 14.8 Å². The number of hydrogen-bond acceptors (Lipinski definition) is 3. The summed E-state index contributed by atoms with van der Waals surface area (Å²) in [6.07, 6.45) is 2.22. The minimum absolute atomic E-state index is 0.513. The van der Waals surface area contributed by atoms with E-state index in [9.17, 15) is 0 Å². The molecule has 0 saturated carbocycles. The smallest absolute Gasteiger partial charge is 0.119 e. The Hall–Kier alpha value is -1.06. The molecule has 1 aromatic rings. The maximum atomic E-state index is 5.58. The summed E-state index contributed by atoms with van der Waals surface area (Å²) in [7, 11) is 0. The molecule has 0 spiro atoms. The third-order valence-corrected chi connectivity index (χ3v) is 3.70. The van der Waals surface area contributed by atoms with Crippen molar-refractivity contribution in [3.05, 3.63) is 29.8 Å². The van der Waals surface area contributed by atoms with Crippen molar-refractivity contribution in [3.63, 3.8) is 0 Å². The van der Waals surface area contributed by atoms with Gasteiger partial charge in [0, 0.05) is 19.2 Å². The van der Waals surface area contributed by atoms with E-state index < -0.39 is 0 Å². The fourth-order valence-corrected chi connectivity index (χ4v) is 2.32. The molecule has 1 fully saturated rings. The van der Waals surface area contributed by atoms with Crippen LogP contribution in [0.5, 0.6) is 5.75 Å². The minimum Gasteiger partial charge on any atom is -0.494 e. The fourth-order valence-electron chi connectivity index (χ4n) is 2.32. The molecule has 2 rings (SSSR count). The lowest BCUT2D eigenvalue weighted by molar-refractivity contribution is 0.178. The predicted molar refractivity (Wildman–Crippen MR) is 77.5 cm³/mol. The first kappa shape index (κ1) is 14.4. The summed E-state index contributed by atoms with van der Waals surface area (Å²) in [6, 6.07) is 8.89. The molecule has 106 valence electrons. The van der Waals surface area contributed by atoms with Gasteiger partial charge >= 0.3 is 0 Å². The normalized spacial score (nSPS) is 20.4. The van der Waals surface area contributed by atoms with Crippen molar-refractivity contribution in [3.8, 4) is 5.75 Å².